The van der Waals surface area contributed by atoms with Crippen LogP contribution in [0.4, 0.5) is 10.3 Å². The van der Waals surface area contributed by atoms with E-state index in [1.807, 2.05) is 0 Å². The highest BCUT2D eigenvalue weighted by Gasteiger charge is 2.00. The molecule has 2 N–H and O–H groups in total. The summed E-state index contributed by atoms with van der Waals surface area (Å²) in [6.45, 7) is 0. The van der Waals surface area contributed by atoms with Crippen molar-refractivity contribution in [1.82, 2.24) is 20.3 Å². The number of halogens is 1. The summed E-state index contributed by atoms with van der Waals surface area (Å²) in [6.07, 6.45) is 1.31. The van der Waals surface area contributed by atoms with Gasteiger partial charge >= 0.3 is 0 Å². The number of hydrogen-bond donors (Lipinski definition) is 1. The Morgan fingerprint density at radius 3 is 2.87 bits per heavy atom. The first kappa shape index (κ1) is 9.25. The molecule has 0 aliphatic carbocycles. The fourth-order valence-corrected chi connectivity index (χ4v) is 0.981. The van der Waals surface area contributed by atoms with E-state index in [1.54, 1.807) is 18.2 Å². The van der Waals surface area contributed by atoms with Crippen molar-refractivity contribution in [2.75, 3.05) is 5.84 Å². The summed E-state index contributed by atoms with van der Waals surface area (Å²) in [5, 5.41) is 10.2. The lowest BCUT2D eigenvalue weighted by atomic mass is 10.2. The van der Waals surface area contributed by atoms with Crippen LogP contribution in [0.25, 0.3) is 0 Å². The summed E-state index contributed by atoms with van der Waals surface area (Å²) >= 11 is 0. The SMILES string of the molecule is Nn1nnnc1/N=C/c1ccccc1F. The van der Waals surface area contributed by atoms with E-state index in [-0.39, 0.29) is 11.8 Å². The lowest BCUT2D eigenvalue weighted by Crippen LogP contribution is -2.09. The van der Waals surface area contributed by atoms with Crippen LogP contribution in [0.5, 0.6) is 0 Å². The fourth-order valence-electron chi connectivity index (χ4n) is 0.981. The average molecular weight is 206 g/mol. The maximum atomic E-state index is 13.1. The second-order valence-electron chi connectivity index (χ2n) is 2.70. The highest BCUT2D eigenvalue weighted by molar-refractivity contribution is 5.81. The van der Waals surface area contributed by atoms with Gasteiger partial charge in [-0.1, -0.05) is 23.3 Å². The van der Waals surface area contributed by atoms with Crippen molar-refractivity contribution in [2.24, 2.45) is 4.99 Å². The van der Waals surface area contributed by atoms with Crippen molar-refractivity contribution >= 4 is 12.2 Å². The summed E-state index contributed by atoms with van der Waals surface area (Å²) in [5.74, 6) is 5.06. The molecule has 0 saturated heterocycles. The summed E-state index contributed by atoms with van der Waals surface area (Å²) in [4.78, 5) is 4.73. The monoisotopic (exact) mass is 206 g/mol. The number of hydrogen-bond acceptors (Lipinski definition) is 5. The van der Waals surface area contributed by atoms with Gasteiger partial charge in [0.15, 0.2) is 0 Å². The zero-order chi connectivity index (χ0) is 10.7. The Labute approximate surface area is 84.2 Å². The normalized spacial score (nSPS) is 11.0. The Hall–Kier alpha value is -2.31. The maximum absolute atomic E-state index is 13.1. The minimum absolute atomic E-state index is 0.109. The third-order valence-corrected chi connectivity index (χ3v) is 1.70. The lowest BCUT2D eigenvalue weighted by molar-refractivity contribution is 0.626. The largest absolute Gasteiger partial charge is 0.318 e. The van der Waals surface area contributed by atoms with E-state index in [0.717, 1.165) is 4.79 Å². The van der Waals surface area contributed by atoms with E-state index in [0.29, 0.717) is 5.56 Å². The van der Waals surface area contributed by atoms with E-state index >= 15 is 0 Å². The van der Waals surface area contributed by atoms with E-state index in [9.17, 15) is 4.39 Å². The minimum Gasteiger partial charge on any atom is -0.318 e. The Morgan fingerprint density at radius 2 is 2.20 bits per heavy atom. The number of benzene rings is 1. The molecule has 0 amide bonds. The average Bonchev–Trinajstić information content (AvgIpc) is 2.63. The van der Waals surface area contributed by atoms with Crippen LogP contribution < -0.4 is 5.84 Å². The Balaban J connectivity index is 2.26. The zero-order valence-electron chi connectivity index (χ0n) is 7.58. The van der Waals surface area contributed by atoms with Crippen molar-refractivity contribution in [1.29, 1.82) is 0 Å². The van der Waals surface area contributed by atoms with Gasteiger partial charge in [0.25, 0.3) is 5.95 Å². The van der Waals surface area contributed by atoms with Crippen LogP contribution in [0.15, 0.2) is 29.3 Å². The molecule has 0 spiro atoms. The number of aromatic nitrogens is 4. The number of rotatable bonds is 2. The summed E-state index contributed by atoms with van der Waals surface area (Å²) in [5.41, 5.74) is 0.348. The van der Waals surface area contributed by atoms with Gasteiger partial charge in [0, 0.05) is 11.8 Å². The Bertz CT molecular complexity index is 491. The van der Waals surface area contributed by atoms with Gasteiger partial charge in [-0.05, 0) is 16.5 Å². The quantitative estimate of drug-likeness (QED) is 0.565. The molecule has 0 unspecified atom stereocenters. The van der Waals surface area contributed by atoms with E-state index in [2.05, 4.69) is 20.5 Å². The molecule has 0 aliphatic heterocycles. The molecule has 6 nitrogen and oxygen atoms in total. The van der Waals surface area contributed by atoms with E-state index in [1.165, 1.54) is 12.3 Å². The van der Waals surface area contributed by atoms with Crippen LogP contribution in [0.3, 0.4) is 0 Å². The van der Waals surface area contributed by atoms with E-state index in [4.69, 9.17) is 5.84 Å². The molecule has 2 rings (SSSR count). The van der Waals surface area contributed by atoms with Crippen molar-refractivity contribution < 1.29 is 4.39 Å². The topological polar surface area (TPSA) is 82.0 Å². The first-order valence-electron chi connectivity index (χ1n) is 4.09. The van der Waals surface area contributed by atoms with Gasteiger partial charge < -0.3 is 5.84 Å². The molecule has 0 atom stereocenters. The number of tetrazole rings is 1. The smallest absolute Gasteiger partial charge is 0.288 e. The molecule has 0 bridgehead atoms. The second-order valence-corrected chi connectivity index (χ2v) is 2.70. The summed E-state index contributed by atoms with van der Waals surface area (Å²) < 4.78 is 13.1. The van der Waals surface area contributed by atoms with Crippen LogP contribution in [0, 0.1) is 5.82 Å². The fraction of sp³-hybridized carbons (Fsp3) is 0. The van der Waals surface area contributed by atoms with Crippen LogP contribution in [-0.2, 0) is 0 Å². The Kier molecular flexibility index (Phi) is 2.36. The van der Waals surface area contributed by atoms with Gasteiger partial charge in [0.05, 0.1) is 0 Å². The molecule has 15 heavy (non-hydrogen) atoms. The zero-order valence-corrected chi connectivity index (χ0v) is 7.58. The predicted octanol–water partition coefficient (Wildman–Crippen LogP) is 0.277. The standard InChI is InChI=1S/C8H7FN6/c9-7-4-2-1-3-6(7)5-11-8-12-13-14-15(8)10/h1-5H,10H2/b11-5+. The molecule has 0 aliphatic rings. The van der Waals surface area contributed by atoms with Gasteiger partial charge in [0.2, 0.25) is 0 Å². The van der Waals surface area contributed by atoms with Gasteiger partial charge in [-0.2, -0.15) is 0 Å². The molecule has 1 heterocycles. The highest BCUT2D eigenvalue weighted by atomic mass is 19.1. The second kappa shape index (κ2) is 3.82. The van der Waals surface area contributed by atoms with Crippen molar-refractivity contribution in [3.8, 4) is 0 Å². The molecular formula is C8H7FN6. The van der Waals surface area contributed by atoms with E-state index < -0.39 is 0 Å². The van der Waals surface area contributed by atoms with Crippen molar-refractivity contribution in [3.63, 3.8) is 0 Å². The molecule has 2 aromatic rings. The van der Waals surface area contributed by atoms with Crippen LogP contribution >= 0.6 is 0 Å². The first-order chi connectivity index (χ1) is 7.27. The number of aliphatic imine (C=N–C) groups is 1. The van der Waals surface area contributed by atoms with Crippen molar-refractivity contribution in [2.45, 2.75) is 0 Å². The minimum atomic E-state index is -0.364. The van der Waals surface area contributed by atoms with Crippen LogP contribution in [0.1, 0.15) is 5.56 Å². The van der Waals surface area contributed by atoms with Crippen molar-refractivity contribution in [3.05, 3.63) is 35.6 Å². The Morgan fingerprint density at radius 1 is 1.40 bits per heavy atom. The number of nitrogens with two attached hydrogens (primary N) is 1. The molecule has 0 saturated carbocycles. The summed E-state index contributed by atoms with van der Waals surface area (Å²) in [7, 11) is 0. The van der Waals surface area contributed by atoms with Crippen LogP contribution in [-0.4, -0.2) is 26.5 Å². The van der Waals surface area contributed by atoms with Gasteiger partial charge in [0.1, 0.15) is 5.82 Å². The third-order valence-electron chi connectivity index (χ3n) is 1.70. The van der Waals surface area contributed by atoms with Gasteiger partial charge in [-0.15, -0.1) is 4.79 Å². The molecule has 7 heteroatoms. The molecule has 0 radical (unpaired) electrons. The number of nitrogen functional groups attached to an aromatic ring is 1. The van der Waals surface area contributed by atoms with Gasteiger partial charge in [-0.25, -0.2) is 9.38 Å². The predicted molar refractivity (Wildman–Crippen MR) is 51.6 cm³/mol. The molecule has 76 valence electrons. The molecule has 1 aromatic carbocycles. The lowest BCUT2D eigenvalue weighted by Gasteiger charge is -1.93. The van der Waals surface area contributed by atoms with Gasteiger partial charge in [-0.3, -0.25) is 0 Å². The van der Waals surface area contributed by atoms with Crippen LogP contribution in [0.2, 0.25) is 0 Å². The maximum Gasteiger partial charge on any atom is 0.288 e. The highest BCUT2D eigenvalue weighted by Crippen LogP contribution is 2.05. The molecular weight excluding hydrogens is 199 g/mol. The first-order valence-corrected chi connectivity index (χ1v) is 4.09. The number of nitrogens with zero attached hydrogens (tertiary/aromatic N) is 5. The summed E-state index contributed by atoms with van der Waals surface area (Å²) in [6, 6.07) is 6.23. The third kappa shape index (κ3) is 1.96. The molecule has 0 fully saturated rings. The molecule has 1 aromatic heterocycles.